The van der Waals surface area contributed by atoms with Crippen LogP contribution in [-0.4, -0.2) is 11.4 Å². The molecule has 0 saturated carbocycles. The average molecular weight is 206 g/mol. The van der Waals surface area contributed by atoms with Crippen LogP contribution in [0.4, 0.5) is 5.69 Å². The van der Waals surface area contributed by atoms with Gasteiger partial charge in [0, 0.05) is 5.69 Å². The molecule has 0 fully saturated rings. The van der Waals surface area contributed by atoms with E-state index in [2.05, 4.69) is 5.32 Å². The first kappa shape index (κ1) is 11.7. The van der Waals surface area contributed by atoms with E-state index in [-0.39, 0.29) is 5.91 Å². The van der Waals surface area contributed by atoms with Crippen molar-refractivity contribution in [3.05, 3.63) is 29.8 Å². The Hall–Kier alpha value is -1.35. The van der Waals surface area contributed by atoms with Gasteiger partial charge >= 0.3 is 0 Å². The van der Waals surface area contributed by atoms with Gasteiger partial charge in [0.2, 0.25) is 5.91 Å². The number of nitrogens with one attached hydrogen (secondary N) is 1. The summed E-state index contributed by atoms with van der Waals surface area (Å²) in [4.78, 5) is 11.7. The molecule has 0 aliphatic rings. The molecule has 3 heteroatoms. The van der Waals surface area contributed by atoms with Crippen LogP contribution in [0.5, 0.6) is 0 Å². The molecule has 0 aromatic heterocycles. The Labute approximate surface area is 90.7 Å². The summed E-state index contributed by atoms with van der Waals surface area (Å²) in [7, 11) is 0. The molecular weight excluding hydrogens is 188 g/mol. The van der Waals surface area contributed by atoms with Crippen LogP contribution < -0.4 is 11.1 Å². The van der Waals surface area contributed by atoms with Gasteiger partial charge in [-0.15, -0.1) is 0 Å². The number of nitrogens with two attached hydrogens (primary N) is 1. The first-order chi connectivity index (χ1) is 6.95. The lowest BCUT2D eigenvalue weighted by atomic mass is 9.99. The van der Waals surface area contributed by atoms with Gasteiger partial charge in [0.15, 0.2) is 0 Å². The molecule has 1 atom stereocenters. The van der Waals surface area contributed by atoms with Crippen LogP contribution in [0.15, 0.2) is 24.3 Å². The zero-order valence-electron chi connectivity index (χ0n) is 9.50. The summed E-state index contributed by atoms with van der Waals surface area (Å²) in [5.74, 6) is -0.145. The minimum Gasteiger partial charge on any atom is -0.325 e. The van der Waals surface area contributed by atoms with Crippen molar-refractivity contribution in [3.63, 3.8) is 0 Å². The molecule has 0 saturated heterocycles. The van der Waals surface area contributed by atoms with Crippen molar-refractivity contribution in [1.82, 2.24) is 0 Å². The summed E-state index contributed by atoms with van der Waals surface area (Å²) in [6, 6.07) is 7.66. The van der Waals surface area contributed by atoms with Gasteiger partial charge in [-0.1, -0.05) is 24.6 Å². The summed E-state index contributed by atoms with van der Waals surface area (Å²) in [5, 5.41) is 2.80. The summed E-state index contributed by atoms with van der Waals surface area (Å²) in [5.41, 5.74) is 6.98. The molecular formula is C12H18N2O. The maximum absolute atomic E-state index is 11.7. The van der Waals surface area contributed by atoms with Gasteiger partial charge in [0.1, 0.15) is 0 Å². The predicted octanol–water partition coefficient (Wildman–Crippen LogP) is 2.06. The largest absolute Gasteiger partial charge is 0.325 e. The number of rotatable bonds is 3. The Balaban J connectivity index is 2.71. The van der Waals surface area contributed by atoms with E-state index in [1.807, 2.05) is 38.1 Å². The minimum atomic E-state index is -0.801. The van der Waals surface area contributed by atoms with Gasteiger partial charge in [-0.2, -0.15) is 0 Å². The lowest BCUT2D eigenvalue weighted by Gasteiger charge is -2.21. The van der Waals surface area contributed by atoms with E-state index in [1.54, 1.807) is 6.92 Å². The molecule has 1 aromatic carbocycles. The number of hydrogen-bond donors (Lipinski definition) is 2. The number of carbonyl (C=O) groups excluding carboxylic acids is 1. The van der Waals surface area contributed by atoms with Gasteiger partial charge in [0.25, 0.3) is 0 Å². The molecule has 0 radical (unpaired) electrons. The highest BCUT2D eigenvalue weighted by atomic mass is 16.2. The minimum absolute atomic E-state index is 0.145. The van der Waals surface area contributed by atoms with Crippen molar-refractivity contribution in [2.24, 2.45) is 5.73 Å². The predicted molar refractivity (Wildman–Crippen MR) is 62.7 cm³/mol. The Bertz CT molecular complexity index is 341. The van der Waals surface area contributed by atoms with E-state index in [4.69, 9.17) is 5.73 Å². The SMILES string of the molecule is CCC(C)(N)C(=O)Nc1ccc(C)cc1. The zero-order chi connectivity index (χ0) is 11.5. The summed E-state index contributed by atoms with van der Waals surface area (Å²) >= 11 is 0. The zero-order valence-corrected chi connectivity index (χ0v) is 9.50. The van der Waals surface area contributed by atoms with Crippen LogP contribution in [0.2, 0.25) is 0 Å². The lowest BCUT2D eigenvalue weighted by molar-refractivity contribution is -0.120. The fourth-order valence-electron chi connectivity index (χ4n) is 1.07. The molecule has 3 nitrogen and oxygen atoms in total. The van der Waals surface area contributed by atoms with Gasteiger partial charge in [-0.05, 0) is 32.4 Å². The van der Waals surface area contributed by atoms with Crippen molar-refractivity contribution >= 4 is 11.6 Å². The van der Waals surface area contributed by atoms with Crippen LogP contribution >= 0.6 is 0 Å². The summed E-state index contributed by atoms with van der Waals surface area (Å²) in [6.45, 7) is 5.63. The van der Waals surface area contributed by atoms with E-state index < -0.39 is 5.54 Å². The maximum atomic E-state index is 11.7. The van der Waals surface area contributed by atoms with E-state index >= 15 is 0 Å². The second-order valence-corrected chi connectivity index (χ2v) is 4.09. The molecule has 0 aliphatic heterocycles. The van der Waals surface area contributed by atoms with Gasteiger partial charge in [-0.3, -0.25) is 4.79 Å². The van der Waals surface area contributed by atoms with E-state index in [0.717, 1.165) is 5.69 Å². The monoisotopic (exact) mass is 206 g/mol. The number of amides is 1. The van der Waals surface area contributed by atoms with Crippen molar-refractivity contribution in [3.8, 4) is 0 Å². The van der Waals surface area contributed by atoms with Crippen molar-refractivity contribution in [1.29, 1.82) is 0 Å². The Kier molecular flexibility index (Phi) is 3.48. The van der Waals surface area contributed by atoms with Gasteiger partial charge < -0.3 is 11.1 Å². The first-order valence-electron chi connectivity index (χ1n) is 5.12. The third-order valence-electron chi connectivity index (χ3n) is 2.56. The highest BCUT2D eigenvalue weighted by Crippen LogP contribution is 2.12. The highest BCUT2D eigenvalue weighted by molar-refractivity contribution is 5.97. The number of hydrogen-bond acceptors (Lipinski definition) is 2. The molecule has 82 valence electrons. The molecule has 0 spiro atoms. The molecule has 0 bridgehead atoms. The third-order valence-corrected chi connectivity index (χ3v) is 2.56. The van der Waals surface area contributed by atoms with Crippen molar-refractivity contribution in [2.45, 2.75) is 32.7 Å². The standard InChI is InChI=1S/C12H18N2O/c1-4-12(3,13)11(15)14-10-7-5-9(2)6-8-10/h5-8H,4,13H2,1-3H3,(H,14,15). The van der Waals surface area contributed by atoms with Crippen LogP contribution in [0, 0.1) is 6.92 Å². The molecule has 15 heavy (non-hydrogen) atoms. The number of anilines is 1. The number of aryl methyl sites for hydroxylation is 1. The molecule has 1 unspecified atom stereocenters. The van der Waals surface area contributed by atoms with E-state index in [1.165, 1.54) is 5.56 Å². The van der Waals surface area contributed by atoms with Crippen molar-refractivity contribution in [2.75, 3.05) is 5.32 Å². The van der Waals surface area contributed by atoms with E-state index in [9.17, 15) is 4.79 Å². The third kappa shape index (κ3) is 3.06. The smallest absolute Gasteiger partial charge is 0.244 e. The summed E-state index contributed by atoms with van der Waals surface area (Å²) < 4.78 is 0. The Morgan fingerprint density at radius 3 is 2.40 bits per heavy atom. The molecule has 1 aromatic rings. The van der Waals surface area contributed by atoms with Gasteiger partial charge in [-0.25, -0.2) is 0 Å². The molecule has 0 heterocycles. The van der Waals surface area contributed by atoms with Crippen LogP contribution in [-0.2, 0) is 4.79 Å². The highest BCUT2D eigenvalue weighted by Gasteiger charge is 2.25. The van der Waals surface area contributed by atoms with Crippen LogP contribution in [0.25, 0.3) is 0 Å². The van der Waals surface area contributed by atoms with Crippen LogP contribution in [0.3, 0.4) is 0 Å². The van der Waals surface area contributed by atoms with Crippen molar-refractivity contribution < 1.29 is 4.79 Å². The second kappa shape index (κ2) is 4.45. The second-order valence-electron chi connectivity index (χ2n) is 4.09. The Morgan fingerprint density at radius 2 is 1.93 bits per heavy atom. The number of carbonyl (C=O) groups is 1. The normalized spacial score (nSPS) is 14.4. The maximum Gasteiger partial charge on any atom is 0.244 e. The summed E-state index contributed by atoms with van der Waals surface area (Å²) in [6.07, 6.45) is 0.616. The Morgan fingerprint density at radius 1 is 1.40 bits per heavy atom. The fourth-order valence-corrected chi connectivity index (χ4v) is 1.07. The van der Waals surface area contributed by atoms with E-state index in [0.29, 0.717) is 6.42 Å². The quantitative estimate of drug-likeness (QED) is 0.795. The molecule has 1 amide bonds. The topological polar surface area (TPSA) is 55.1 Å². The van der Waals surface area contributed by atoms with Gasteiger partial charge in [0.05, 0.1) is 5.54 Å². The van der Waals surface area contributed by atoms with Crippen LogP contribution in [0.1, 0.15) is 25.8 Å². The molecule has 0 aliphatic carbocycles. The molecule has 1 rings (SSSR count). The first-order valence-corrected chi connectivity index (χ1v) is 5.12. The average Bonchev–Trinajstić information content (AvgIpc) is 2.21. The fraction of sp³-hybridized carbons (Fsp3) is 0.417. The molecule has 3 N–H and O–H groups in total. The number of benzene rings is 1. The lowest BCUT2D eigenvalue weighted by Crippen LogP contribution is -2.47.